The van der Waals surface area contributed by atoms with Crippen LogP contribution in [0.4, 0.5) is 5.69 Å². The maximum Gasteiger partial charge on any atom is 0.256 e. The zero-order chi connectivity index (χ0) is 13.3. The van der Waals surface area contributed by atoms with Gasteiger partial charge in [-0.1, -0.05) is 25.4 Å². The van der Waals surface area contributed by atoms with E-state index >= 15 is 0 Å². The van der Waals surface area contributed by atoms with Gasteiger partial charge in [-0.15, -0.1) is 0 Å². The highest BCUT2D eigenvalue weighted by molar-refractivity contribution is 8.00. The highest BCUT2D eigenvalue weighted by Gasteiger charge is 2.27. The van der Waals surface area contributed by atoms with Crippen LogP contribution in [-0.2, 0) is 0 Å². The van der Waals surface area contributed by atoms with Crippen LogP contribution in [-0.4, -0.2) is 34.4 Å². The molecule has 1 saturated heterocycles. The van der Waals surface area contributed by atoms with Gasteiger partial charge in [0.05, 0.1) is 5.56 Å². The van der Waals surface area contributed by atoms with E-state index in [1.165, 1.54) is 0 Å². The van der Waals surface area contributed by atoms with Crippen LogP contribution in [0.5, 0.6) is 0 Å². The summed E-state index contributed by atoms with van der Waals surface area (Å²) < 4.78 is 0. The SMILES string of the molecule is CC1CN(C(=O)c2ccc(Cl)cc2N)CC(C)S1. The Hall–Kier alpha value is -0.870. The number of benzene rings is 1. The van der Waals surface area contributed by atoms with Crippen molar-refractivity contribution < 1.29 is 4.79 Å². The molecule has 3 nitrogen and oxygen atoms in total. The quantitative estimate of drug-likeness (QED) is 0.807. The van der Waals surface area contributed by atoms with Gasteiger partial charge in [0, 0.05) is 34.3 Å². The van der Waals surface area contributed by atoms with E-state index in [1.807, 2.05) is 16.7 Å². The fourth-order valence-corrected chi connectivity index (χ4v) is 3.75. The molecule has 1 amide bonds. The third-order valence-corrected chi connectivity index (χ3v) is 4.41. The van der Waals surface area contributed by atoms with Gasteiger partial charge in [0.1, 0.15) is 0 Å². The lowest BCUT2D eigenvalue weighted by atomic mass is 10.1. The number of thioether (sulfide) groups is 1. The molecule has 0 aliphatic carbocycles. The number of carbonyl (C=O) groups is 1. The topological polar surface area (TPSA) is 46.3 Å². The molecule has 1 fully saturated rings. The lowest BCUT2D eigenvalue weighted by molar-refractivity contribution is 0.0754. The van der Waals surface area contributed by atoms with Crippen molar-refractivity contribution >= 4 is 35.0 Å². The van der Waals surface area contributed by atoms with E-state index < -0.39 is 0 Å². The van der Waals surface area contributed by atoms with Crippen LogP contribution in [0.25, 0.3) is 0 Å². The number of hydrogen-bond donors (Lipinski definition) is 1. The summed E-state index contributed by atoms with van der Waals surface area (Å²) in [4.78, 5) is 14.3. The fourth-order valence-electron chi connectivity index (χ4n) is 2.24. The molecule has 2 unspecified atom stereocenters. The van der Waals surface area contributed by atoms with Gasteiger partial charge < -0.3 is 10.6 Å². The van der Waals surface area contributed by atoms with Crippen LogP contribution in [0.15, 0.2) is 18.2 Å². The number of nitrogens with zero attached hydrogens (tertiary/aromatic N) is 1. The molecule has 2 atom stereocenters. The summed E-state index contributed by atoms with van der Waals surface area (Å²) in [5.41, 5.74) is 6.86. The molecule has 0 saturated carbocycles. The van der Waals surface area contributed by atoms with Gasteiger partial charge in [0.25, 0.3) is 5.91 Å². The summed E-state index contributed by atoms with van der Waals surface area (Å²) in [7, 11) is 0. The molecule has 1 aliphatic heterocycles. The Morgan fingerprint density at radius 2 is 2.00 bits per heavy atom. The van der Waals surface area contributed by atoms with Crippen LogP contribution in [0.3, 0.4) is 0 Å². The molecule has 98 valence electrons. The molecule has 0 radical (unpaired) electrons. The van der Waals surface area contributed by atoms with E-state index in [4.69, 9.17) is 17.3 Å². The maximum absolute atomic E-state index is 12.4. The molecule has 0 spiro atoms. The smallest absolute Gasteiger partial charge is 0.256 e. The highest BCUT2D eigenvalue weighted by Crippen LogP contribution is 2.27. The Morgan fingerprint density at radius 3 is 2.56 bits per heavy atom. The second-order valence-electron chi connectivity index (χ2n) is 4.70. The first-order valence-electron chi connectivity index (χ1n) is 5.97. The second kappa shape index (κ2) is 5.41. The monoisotopic (exact) mass is 284 g/mol. The van der Waals surface area contributed by atoms with Gasteiger partial charge >= 0.3 is 0 Å². The first-order valence-corrected chi connectivity index (χ1v) is 7.29. The number of anilines is 1. The first-order chi connectivity index (χ1) is 8.47. The van der Waals surface area contributed by atoms with Gasteiger partial charge in [0.15, 0.2) is 0 Å². The molecule has 1 aliphatic rings. The Morgan fingerprint density at radius 1 is 1.39 bits per heavy atom. The average Bonchev–Trinajstić information content (AvgIpc) is 2.26. The van der Waals surface area contributed by atoms with Gasteiger partial charge in [-0.3, -0.25) is 4.79 Å². The Balaban J connectivity index is 2.20. The number of amides is 1. The van der Waals surface area contributed by atoms with Gasteiger partial charge in [-0.05, 0) is 18.2 Å². The molecule has 2 rings (SSSR count). The first kappa shape index (κ1) is 13.6. The fraction of sp³-hybridized carbons (Fsp3) is 0.462. The number of hydrogen-bond acceptors (Lipinski definition) is 3. The zero-order valence-electron chi connectivity index (χ0n) is 10.5. The number of rotatable bonds is 1. The number of nitrogens with two attached hydrogens (primary N) is 1. The zero-order valence-corrected chi connectivity index (χ0v) is 12.1. The van der Waals surface area contributed by atoms with E-state index in [0.717, 1.165) is 13.1 Å². The third-order valence-electron chi connectivity index (χ3n) is 2.95. The van der Waals surface area contributed by atoms with E-state index in [9.17, 15) is 4.79 Å². The third kappa shape index (κ3) is 2.93. The predicted molar refractivity (Wildman–Crippen MR) is 78.3 cm³/mol. The number of nitrogen functional groups attached to an aromatic ring is 1. The average molecular weight is 285 g/mol. The lowest BCUT2D eigenvalue weighted by Crippen LogP contribution is -2.44. The Bertz CT molecular complexity index is 456. The van der Waals surface area contributed by atoms with Crippen molar-refractivity contribution in [3.63, 3.8) is 0 Å². The molecule has 0 bridgehead atoms. The van der Waals surface area contributed by atoms with Crippen LogP contribution < -0.4 is 5.73 Å². The minimum atomic E-state index is 0.00293. The van der Waals surface area contributed by atoms with E-state index in [1.54, 1.807) is 18.2 Å². The minimum Gasteiger partial charge on any atom is -0.398 e. The van der Waals surface area contributed by atoms with Crippen molar-refractivity contribution in [3.05, 3.63) is 28.8 Å². The minimum absolute atomic E-state index is 0.00293. The van der Waals surface area contributed by atoms with Crippen molar-refractivity contribution in [2.24, 2.45) is 0 Å². The van der Waals surface area contributed by atoms with E-state index in [2.05, 4.69) is 13.8 Å². The summed E-state index contributed by atoms with van der Waals surface area (Å²) >= 11 is 7.76. The molecule has 2 N–H and O–H groups in total. The Kier molecular flexibility index (Phi) is 4.07. The van der Waals surface area contributed by atoms with Crippen molar-refractivity contribution in [3.8, 4) is 0 Å². The molecule has 0 aromatic heterocycles. The van der Waals surface area contributed by atoms with Crippen molar-refractivity contribution in [2.75, 3.05) is 18.8 Å². The predicted octanol–water partition coefficient (Wildman–Crippen LogP) is 2.89. The van der Waals surface area contributed by atoms with E-state index in [0.29, 0.717) is 26.8 Å². The number of carbonyl (C=O) groups excluding carboxylic acids is 1. The molecule has 1 aromatic carbocycles. The molecule has 1 heterocycles. The summed E-state index contributed by atoms with van der Waals surface area (Å²) in [6.07, 6.45) is 0. The summed E-state index contributed by atoms with van der Waals surface area (Å²) in [5, 5.41) is 1.48. The second-order valence-corrected chi connectivity index (χ2v) is 7.02. The summed E-state index contributed by atoms with van der Waals surface area (Å²) in [6, 6.07) is 5.04. The van der Waals surface area contributed by atoms with Gasteiger partial charge in [-0.2, -0.15) is 11.8 Å². The van der Waals surface area contributed by atoms with Crippen LogP contribution in [0, 0.1) is 0 Å². The highest BCUT2D eigenvalue weighted by atomic mass is 35.5. The van der Waals surface area contributed by atoms with Gasteiger partial charge in [0.2, 0.25) is 0 Å². The largest absolute Gasteiger partial charge is 0.398 e. The van der Waals surface area contributed by atoms with E-state index in [-0.39, 0.29) is 5.91 Å². The maximum atomic E-state index is 12.4. The molecule has 18 heavy (non-hydrogen) atoms. The molecule has 5 heteroatoms. The van der Waals surface area contributed by atoms with Crippen LogP contribution >= 0.6 is 23.4 Å². The standard InChI is InChI=1S/C13H17ClN2OS/c1-8-6-16(7-9(2)18-8)13(17)11-4-3-10(14)5-12(11)15/h3-5,8-9H,6-7,15H2,1-2H3. The van der Waals surface area contributed by atoms with Crippen molar-refractivity contribution in [1.29, 1.82) is 0 Å². The van der Waals surface area contributed by atoms with Crippen LogP contribution in [0.2, 0.25) is 5.02 Å². The Labute approximate surface area is 117 Å². The molecule has 1 aromatic rings. The summed E-state index contributed by atoms with van der Waals surface area (Å²) in [6.45, 7) is 5.84. The van der Waals surface area contributed by atoms with Gasteiger partial charge in [-0.25, -0.2) is 0 Å². The summed E-state index contributed by atoms with van der Waals surface area (Å²) in [5.74, 6) is 0.00293. The number of halogens is 1. The van der Waals surface area contributed by atoms with Crippen LogP contribution in [0.1, 0.15) is 24.2 Å². The van der Waals surface area contributed by atoms with Crippen molar-refractivity contribution in [2.45, 2.75) is 24.3 Å². The lowest BCUT2D eigenvalue weighted by Gasteiger charge is -2.34. The molecular formula is C13H17ClN2OS. The van der Waals surface area contributed by atoms with Crippen molar-refractivity contribution in [1.82, 2.24) is 4.90 Å². The molecular weight excluding hydrogens is 268 g/mol. The normalized spacial score (nSPS) is 24.1.